The van der Waals surface area contributed by atoms with E-state index in [-0.39, 0.29) is 10.7 Å². The molecule has 1 unspecified atom stereocenters. The Bertz CT molecular complexity index is 441. The average molecular weight is 271 g/mol. The number of nitrogens with zero attached hydrogens (tertiary/aromatic N) is 4. The Hall–Kier alpha value is -0.810. The molecule has 0 N–H and O–H groups in total. The Labute approximate surface area is 112 Å². The number of hydrogen-bond donors (Lipinski definition) is 0. The molecule has 2 bridgehead atoms. The molecule has 3 aliphatic heterocycles. The maximum atomic E-state index is 5.85. The molecule has 4 heterocycles. The van der Waals surface area contributed by atoms with Gasteiger partial charge in [-0.1, -0.05) is 6.92 Å². The first kappa shape index (κ1) is 12.2. The van der Waals surface area contributed by atoms with Gasteiger partial charge < -0.3 is 9.64 Å². The Kier molecular flexibility index (Phi) is 2.98. The third kappa shape index (κ3) is 1.99. The maximum absolute atomic E-state index is 5.85. The van der Waals surface area contributed by atoms with Crippen LogP contribution in [-0.4, -0.2) is 46.4 Å². The summed E-state index contributed by atoms with van der Waals surface area (Å²) >= 11 is 5.85. The Morgan fingerprint density at radius 3 is 2.72 bits per heavy atom. The van der Waals surface area contributed by atoms with Crippen molar-refractivity contribution in [3.63, 3.8) is 0 Å². The molecule has 6 heteroatoms. The lowest BCUT2D eigenvalue weighted by molar-refractivity contribution is -0.0306. The van der Waals surface area contributed by atoms with Gasteiger partial charge in [0.15, 0.2) is 0 Å². The van der Waals surface area contributed by atoms with E-state index < -0.39 is 0 Å². The van der Waals surface area contributed by atoms with Crippen LogP contribution in [0.5, 0.6) is 6.01 Å². The molecule has 100 valence electrons. The number of rotatable bonds is 3. The molecule has 0 amide bonds. The molecule has 4 rings (SSSR count). The second-order valence-corrected chi connectivity index (χ2v) is 6.07. The summed E-state index contributed by atoms with van der Waals surface area (Å²) in [5.41, 5.74) is 0.251. The zero-order chi connectivity index (χ0) is 12.8. The minimum absolute atomic E-state index is 0.251. The zero-order valence-electron chi connectivity index (χ0n) is 10.9. The van der Waals surface area contributed by atoms with Gasteiger partial charge in [-0.15, -0.1) is 5.10 Å². The highest BCUT2D eigenvalue weighted by molar-refractivity contribution is 6.28. The first-order valence-corrected chi connectivity index (χ1v) is 6.85. The van der Waals surface area contributed by atoms with E-state index in [9.17, 15) is 0 Å². The lowest BCUT2D eigenvalue weighted by atomic mass is 9.68. The lowest BCUT2D eigenvalue weighted by Crippen LogP contribution is -2.54. The number of methoxy groups -OCH3 is 1. The van der Waals surface area contributed by atoms with Crippen molar-refractivity contribution in [3.05, 3.63) is 5.28 Å². The molecular formula is C12H19ClN4O. The average Bonchev–Trinajstić information content (AvgIpc) is 2.69. The quantitative estimate of drug-likeness (QED) is 0.838. The number of aromatic nitrogens is 3. The molecule has 0 spiro atoms. The van der Waals surface area contributed by atoms with Gasteiger partial charge in [0.25, 0.3) is 0 Å². The van der Waals surface area contributed by atoms with Gasteiger partial charge in [0.1, 0.15) is 0 Å². The van der Waals surface area contributed by atoms with Gasteiger partial charge in [0, 0.05) is 12.0 Å². The fraction of sp³-hybridized carbons (Fsp3) is 0.833. The number of piperidine rings is 3. The third-order valence-electron chi connectivity index (χ3n) is 4.46. The second-order valence-electron chi connectivity index (χ2n) is 5.73. The molecule has 18 heavy (non-hydrogen) atoms. The summed E-state index contributed by atoms with van der Waals surface area (Å²) in [6.45, 7) is 6.80. The van der Waals surface area contributed by atoms with Crippen LogP contribution in [0.15, 0.2) is 0 Å². The van der Waals surface area contributed by atoms with Gasteiger partial charge in [-0.3, -0.25) is 0 Å². The molecule has 1 aromatic rings. The van der Waals surface area contributed by atoms with Crippen LogP contribution in [0.4, 0.5) is 0 Å². The van der Waals surface area contributed by atoms with Gasteiger partial charge in [-0.25, -0.2) is 4.68 Å². The molecule has 0 aliphatic carbocycles. The van der Waals surface area contributed by atoms with E-state index in [2.05, 4.69) is 21.9 Å². The molecule has 0 radical (unpaired) electrons. The van der Waals surface area contributed by atoms with E-state index >= 15 is 0 Å². The van der Waals surface area contributed by atoms with Crippen LogP contribution in [0.1, 0.15) is 19.8 Å². The fourth-order valence-corrected chi connectivity index (χ4v) is 3.67. The molecule has 5 nitrogen and oxygen atoms in total. The number of fused-ring (bicyclic) bond motifs is 3. The Balaban J connectivity index is 1.82. The normalized spacial score (nSPS) is 34.8. The first-order chi connectivity index (χ1) is 8.60. The highest BCUT2D eigenvalue weighted by Gasteiger charge is 2.44. The largest absolute Gasteiger partial charge is 0.467 e. The summed E-state index contributed by atoms with van der Waals surface area (Å²) in [5, 5.41) is 4.49. The first-order valence-electron chi connectivity index (χ1n) is 6.47. The van der Waals surface area contributed by atoms with Crippen LogP contribution in [0.25, 0.3) is 0 Å². The van der Waals surface area contributed by atoms with Crippen molar-refractivity contribution >= 4 is 11.6 Å². The van der Waals surface area contributed by atoms with Crippen LogP contribution in [0, 0.1) is 11.3 Å². The van der Waals surface area contributed by atoms with Gasteiger partial charge in [-0.2, -0.15) is 4.98 Å². The standard InChI is InChI=1S/C12H19ClN4O/c1-12(7-16-5-3-9(12)4-6-16)8-17-11(18-2)14-10(13)15-17/h9H,3-8H2,1-2H3. The van der Waals surface area contributed by atoms with Crippen molar-refractivity contribution in [2.75, 3.05) is 26.7 Å². The Morgan fingerprint density at radius 1 is 1.44 bits per heavy atom. The summed E-state index contributed by atoms with van der Waals surface area (Å²) in [4.78, 5) is 6.62. The molecule has 1 aromatic heterocycles. The van der Waals surface area contributed by atoms with Crippen molar-refractivity contribution in [2.24, 2.45) is 11.3 Å². The van der Waals surface area contributed by atoms with Crippen LogP contribution in [0.3, 0.4) is 0 Å². The van der Waals surface area contributed by atoms with Crippen LogP contribution in [-0.2, 0) is 6.54 Å². The molecule has 1 atom stereocenters. The summed E-state index contributed by atoms with van der Waals surface area (Å²) < 4.78 is 7.03. The highest BCUT2D eigenvalue weighted by atomic mass is 35.5. The predicted molar refractivity (Wildman–Crippen MR) is 68.9 cm³/mol. The summed E-state index contributed by atoms with van der Waals surface area (Å²) in [6.07, 6.45) is 2.59. The van der Waals surface area contributed by atoms with E-state index in [0.29, 0.717) is 6.01 Å². The SMILES string of the molecule is COc1nc(Cl)nn1CC1(C)CN2CCC1CC2. The van der Waals surface area contributed by atoms with Crippen molar-refractivity contribution in [2.45, 2.75) is 26.3 Å². The molecular weight excluding hydrogens is 252 g/mol. The maximum Gasteiger partial charge on any atom is 0.315 e. The van der Waals surface area contributed by atoms with Crippen LogP contribution >= 0.6 is 11.6 Å². The van der Waals surface area contributed by atoms with Crippen molar-refractivity contribution in [3.8, 4) is 6.01 Å². The van der Waals surface area contributed by atoms with Gasteiger partial charge in [-0.05, 0) is 43.5 Å². The Morgan fingerprint density at radius 2 is 2.17 bits per heavy atom. The van der Waals surface area contributed by atoms with E-state index in [4.69, 9.17) is 16.3 Å². The van der Waals surface area contributed by atoms with Gasteiger partial charge in [0.05, 0.1) is 13.7 Å². The highest BCUT2D eigenvalue weighted by Crippen LogP contribution is 2.43. The third-order valence-corrected chi connectivity index (χ3v) is 4.62. The molecule has 3 saturated heterocycles. The monoisotopic (exact) mass is 270 g/mol. The van der Waals surface area contributed by atoms with Crippen LogP contribution in [0.2, 0.25) is 5.28 Å². The van der Waals surface area contributed by atoms with Crippen molar-refractivity contribution in [1.82, 2.24) is 19.7 Å². The smallest absolute Gasteiger partial charge is 0.315 e. The molecule has 3 aliphatic rings. The van der Waals surface area contributed by atoms with Gasteiger partial charge >= 0.3 is 6.01 Å². The van der Waals surface area contributed by atoms with E-state index in [1.807, 2.05) is 4.68 Å². The fourth-order valence-electron chi connectivity index (χ4n) is 3.50. The number of hydrogen-bond acceptors (Lipinski definition) is 4. The summed E-state index contributed by atoms with van der Waals surface area (Å²) in [7, 11) is 1.61. The molecule has 0 saturated carbocycles. The lowest BCUT2D eigenvalue weighted by Gasteiger charge is -2.51. The minimum atomic E-state index is 0.251. The number of halogens is 1. The number of ether oxygens (including phenoxy) is 1. The summed E-state index contributed by atoms with van der Waals surface area (Å²) in [5.74, 6) is 0.773. The van der Waals surface area contributed by atoms with E-state index in [0.717, 1.165) is 19.0 Å². The van der Waals surface area contributed by atoms with E-state index in [1.54, 1.807) is 7.11 Å². The molecule has 0 aromatic carbocycles. The zero-order valence-corrected chi connectivity index (χ0v) is 11.7. The van der Waals surface area contributed by atoms with Crippen molar-refractivity contribution in [1.29, 1.82) is 0 Å². The molecule has 3 fully saturated rings. The van der Waals surface area contributed by atoms with E-state index in [1.165, 1.54) is 25.9 Å². The summed E-state index contributed by atoms with van der Waals surface area (Å²) in [6, 6.07) is 0.512. The van der Waals surface area contributed by atoms with Crippen molar-refractivity contribution < 1.29 is 4.74 Å². The second kappa shape index (κ2) is 4.38. The minimum Gasteiger partial charge on any atom is -0.467 e. The van der Waals surface area contributed by atoms with Crippen LogP contribution < -0.4 is 4.74 Å². The predicted octanol–water partition coefficient (Wildman–Crippen LogP) is 1.67. The topological polar surface area (TPSA) is 43.2 Å². The van der Waals surface area contributed by atoms with Gasteiger partial charge in [0.2, 0.25) is 5.28 Å².